The number of carbonyl (C=O) groups is 1. The van der Waals surface area contributed by atoms with E-state index in [1.165, 1.54) is 5.56 Å². The number of amides is 1. The normalized spacial score (nSPS) is 20.7. The van der Waals surface area contributed by atoms with Crippen LogP contribution in [0.3, 0.4) is 0 Å². The fourth-order valence-corrected chi connectivity index (χ4v) is 2.27. The molecule has 0 spiro atoms. The van der Waals surface area contributed by atoms with Gasteiger partial charge < -0.3 is 4.90 Å². The molecular formula is C12H16N2O. The van der Waals surface area contributed by atoms with Gasteiger partial charge in [0.1, 0.15) is 0 Å². The van der Waals surface area contributed by atoms with Gasteiger partial charge in [-0.05, 0) is 31.4 Å². The lowest BCUT2D eigenvalue weighted by atomic mass is 10.1. The molecular weight excluding hydrogens is 188 g/mol. The van der Waals surface area contributed by atoms with Crippen molar-refractivity contribution in [3.63, 3.8) is 0 Å². The van der Waals surface area contributed by atoms with E-state index in [2.05, 4.69) is 18.0 Å². The van der Waals surface area contributed by atoms with Crippen molar-refractivity contribution in [1.29, 1.82) is 0 Å². The number of rotatable bonds is 1. The second-order valence-corrected chi connectivity index (χ2v) is 4.08. The largest absolute Gasteiger partial charge is 0.334 e. The van der Waals surface area contributed by atoms with Crippen LogP contribution in [0.4, 0.5) is 0 Å². The first-order valence-corrected chi connectivity index (χ1v) is 5.39. The summed E-state index contributed by atoms with van der Waals surface area (Å²) in [5.41, 5.74) is 2.24. The third-order valence-electron chi connectivity index (χ3n) is 3.02. The Labute approximate surface area is 90.1 Å². The van der Waals surface area contributed by atoms with Gasteiger partial charge in [-0.2, -0.15) is 0 Å². The Bertz CT molecular complexity index is 376. The maximum absolute atomic E-state index is 11.4. The molecule has 2 heterocycles. The molecule has 1 amide bonds. The Balaban J connectivity index is 2.30. The van der Waals surface area contributed by atoms with Crippen molar-refractivity contribution < 1.29 is 4.79 Å². The van der Waals surface area contributed by atoms with Crippen LogP contribution in [-0.2, 0) is 4.79 Å². The van der Waals surface area contributed by atoms with Crippen molar-refractivity contribution in [2.45, 2.75) is 32.7 Å². The Morgan fingerprint density at radius 3 is 3.07 bits per heavy atom. The van der Waals surface area contributed by atoms with Gasteiger partial charge >= 0.3 is 0 Å². The first kappa shape index (κ1) is 10.1. The number of nitrogens with zero attached hydrogens (tertiary/aromatic N) is 2. The molecule has 0 radical (unpaired) electrons. The second-order valence-electron chi connectivity index (χ2n) is 4.08. The van der Waals surface area contributed by atoms with Crippen LogP contribution in [0.15, 0.2) is 18.3 Å². The maximum Gasteiger partial charge on any atom is 0.220 e. The lowest BCUT2D eigenvalue weighted by Gasteiger charge is -2.23. The number of carbonyl (C=O) groups excluding carboxylic acids is 1. The Morgan fingerprint density at radius 1 is 1.60 bits per heavy atom. The van der Waals surface area contributed by atoms with E-state index in [4.69, 9.17) is 0 Å². The van der Waals surface area contributed by atoms with E-state index in [9.17, 15) is 4.79 Å². The predicted octanol–water partition coefficient (Wildman–Crippen LogP) is 2.07. The van der Waals surface area contributed by atoms with Gasteiger partial charge in [-0.25, -0.2) is 0 Å². The van der Waals surface area contributed by atoms with E-state index >= 15 is 0 Å². The summed E-state index contributed by atoms with van der Waals surface area (Å²) in [6.45, 7) is 4.56. The lowest BCUT2D eigenvalue weighted by molar-refractivity contribution is -0.129. The van der Waals surface area contributed by atoms with E-state index in [1.807, 2.05) is 11.0 Å². The fourth-order valence-electron chi connectivity index (χ4n) is 2.27. The molecule has 1 aliphatic rings. The van der Waals surface area contributed by atoms with Gasteiger partial charge in [0, 0.05) is 19.7 Å². The number of aromatic nitrogens is 1. The van der Waals surface area contributed by atoms with E-state index in [1.54, 1.807) is 13.1 Å². The summed E-state index contributed by atoms with van der Waals surface area (Å²) in [6, 6.07) is 4.19. The molecule has 2 rings (SSSR count). The predicted molar refractivity (Wildman–Crippen MR) is 58.3 cm³/mol. The second kappa shape index (κ2) is 4.01. The van der Waals surface area contributed by atoms with Crippen molar-refractivity contribution in [2.24, 2.45) is 0 Å². The highest BCUT2D eigenvalue weighted by molar-refractivity contribution is 5.74. The zero-order chi connectivity index (χ0) is 10.8. The quantitative estimate of drug-likeness (QED) is 0.701. The van der Waals surface area contributed by atoms with Gasteiger partial charge in [-0.1, -0.05) is 6.07 Å². The average Bonchev–Trinajstić information content (AvgIpc) is 2.67. The summed E-state index contributed by atoms with van der Waals surface area (Å²) in [5.74, 6) is 0.155. The molecule has 1 saturated heterocycles. The van der Waals surface area contributed by atoms with Crippen molar-refractivity contribution in [3.8, 4) is 0 Å². The molecule has 3 heteroatoms. The zero-order valence-corrected chi connectivity index (χ0v) is 9.23. The molecule has 0 aliphatic carbocycles. The molecule has 15 heavy (non-hydrogen) atoms. The van der Waals surface area contributed by atoms with Crippen LogP contribution in [0.2, 0.25) is 0 Å². The SMILES string of the molecule is CC(=O)N1CCC[C@H]1c1ncccc1C. The van der Waals surface area contributed by atoms with Gasteiger partial charge in [0.25, 0.3) is 0 Å². The van der Waals surface area contributed by atoms with E-state index in [-0.39, 0.29) is 11.9 Å². The van der Waals surface area contributed by atoms with Crippen molar-refractivity contribution in [2.75, 3.05) is 6.54 Å². The molecule has 0 bridgehead atoms. The Kier molecular flexibility index (Phi) is 2.71. The van der Waals surface area contributed by atoms with E-state index in [0.717, 1.165) is 25.1 Å². The van der Waals surface area contributed by atoms with E-state index < -0.39 is 0 Å². The molecule has 0 N–H and O–H groups in total. The van der Waals surface area contributed by atoms with Crippen LogP contribution in [0, 0.1) is 6.92 Å². The number of aryl methyl sites for hydroxylation is 1. The van der Waals surface area contributed by atoms with Crippen molar-refractivity contribution in [3.05, 3.63) is 29.6 Å². The topological polar surface area (TPSA) is 33.2 Å². The van der Waals surface area contributed by atoms with Crippen LogP contribution in [0.5, 0.6) is 0 Å². The lowest BCUT2D eigenvalue weighted by Crippen LogP contribution is -2.28. The summed E-state index contributed by atoms with van der Waals surface area (Å²) < 4.78 is 0. The van der Waals surface area contributed by atoms with E-state index in [0.29, 0.717) is 0 Å². The summed E-state index contributed by atoms with van der Waals surface area (Å²) in [7, 11) is 0. The number of hydrogen-bond donors (Lipinski definition) is 0. The number of likely N-dealkylation sites (tertiary alicyclic amines) is 1. The number of pyridine rings is 1. The van der Waals surface area contributed by atoms with Gasteiger partial charge in [-0.3, -0.25) is 9.78 Å². The van der Waals surface area contributed by atoms with Crippen molar-refractivity contribution >= 4 is 5.91 Å². The van der Waals surface area contributed by atoms with Crippen LogP contribution >= 0.6 is 0 Å². The van der Waals surface area contributed by atoms with Crippen LogP contribution in [-0.4, -0.2) is 22.3 Å². The van der Waals surface area contributed by atoms with Crippen LogP contribution < -0.4 is 0 Å². The Morgan fingerprint density at radius 2 is 2.40 bits per heavy atom. The summed E-state index contributed by atoms with van der Waals surface area (Å²) >= 11 is 0. The van der Waals surface area contributed by atoms with Gasteiger partial charge in [0.15, 0.2) is 0 Å². The molecule has 1 atom stereocenters. The summed E-state index contributed by atoms with van der Waals surface area (Å²) in [5, 5.41) is 0. The molecule has 1 fully saturated rings. The van der Waals surface area contributed by atoms with Gasteiger partial charge in [0.05, 0.1) is 11.7 Å². The minimum absolute atomic E-state index is 0.155. The smallest absolute Gasteiger partial charge is 0.220 e. The third kappa shape index (κ3) is 1.87. The zero-order valence-electron chi connectivity index (χ0n) is 9.23. The fraction of sp³-hybridized carbons (Fsp3) is 0.500. The minimum atomic E-state index is 0.155. The Hall–Kier alpha value is -1.38. The third-order valence-corrected chi connectivity index (χ3v) is 3.02. The molecule has 1 aliphatic heterocycles. The first-order chi connectivity index (χ1) is 7.20. The van der Waals surface area contributed by atoms with Crippen LogP contribution in [0.25, 0.3) is 0 Å². The summed E-state index contributed by atoms with van der Waals surface area (Å²) in [6.07, 6.45) is 3.93. The number of hydrogen-bond acceptors (Lipinski definition) is 2. The first-order valence-electron chi connectivity index (χ1n) is 5.39. The maximum atomic E-state index is 11.4. The molecule has 1 aromatic heterocycles. The molecule has 0 saturated carbocycles. The molecule has 0 aromatic carbocycles. The molecule has 3 nitrogen and oxygen atoms in total. The standard InChI is InChI=1S/C12H16N2O/c1-9-5-3-7-13-12(9)11-6-4-8-14(11)10(2)15/h3,5,7,11H,4,6,8H2,1-2H3/t11-/m0/s1. The summed E-state index contributed by atoms with van der Waals surface area (Å²) in [4.78, 5) is 17.8. The highest BCUT2D eigenvalue weighted by atomic mass is 16.2. The van der Waals surface area contributed by atoms with Gasteiger partial charge in [-0.15, -0.1) is 0 Å². The van der Waals surface area contributed by atoms with Crippen molar-refractivity contribution in [1.82, 2.24) is 9.88 Å². The minimum Gasteiger partial charge on any atom is -0.334 e. The highest BCUT2D eigenvalue weighted by Crippen LogP contribution is 2.31. The highest BCUT2D eigenvalue weighted by Gasteiger charge is 2.29. The van der Waals surface area contributed by atoms with Crippen LogP contribution in [0.1, 0.15) is 37.1 Å². The molecule has 80 valence electrons. The molecule has 1 aromatic rings. The monoisotopic (exact) mass is 204 g/mol. The van der Waals surface area contributed by atoms with Gasteiger partial charge in [0.2, 0.25) is 5.91 Å². The molecule has 0 unspecified atom stereocenters. The average molecular weight is 204 g/mol.